The van der Waals surface area contributed by atoms with Crippen molar-refractivity contribution in [2.24, 2.45) is 50.2 Å². The summed E-state index contributed by atoms with van der Waals surface area (Å²) in [5.41, 5.74) is 0.437. The van der Waals surface area contributed by atoms with Crippen molar-refractivity contribution < 1.29 is 20.1 Å². The summed E-state index contributed by atoms with van der Waals surface area (Å²) in [4.78, 5) is 12.8. The maximum Gasteiger partial charge on any atom is 0.312 e. The molecule has 4 nitrogen and oxygen atoms in total. The van der Waals surface area contributed by atoms with E-state index >= 15 is 0 Å². The van der Waals surface area contributed by atoms with Crippen LogP contribution in [0.1, 0.15) is 106 Å². The van der Waals surface area contributed by atoms with Crippen LogP contribution in [0.3, 0.4) is 0 Å². The standard InChI is InChI=1S/C30H48O4/c1-25(2)16-19-18-8-9-21-27(5)12-11-22(31)26(3,4)20(27)10-13-29(21,7)28(18,6)14-15-30(19,24(33)34)23(32)17-25/h8,19-23,31-32H,9-17H2,1-7H3,(H,33,34)/t19-,20-,21+,22-,23-,27-,28+,29+,30-/m1/s1. The molecule has 0 spiro atoms. The van der Waals surface area contributed by atoms with Crippen molar-refractivity contribution in [2.45, 2.75) is 118 Å². The first-order chi connectivity index (χ1) is 15.6. The van der Waals surface area contributed by atoms with Gasteiger partial charge in [-0.2, -0.15) is 0 Å². The van der Waals surface area contributed by atoms with E-state index in [-0.39, 0.29) is 39.1 Å². The van der Waals surface area contributed by atoms with Crippen LogP contribution in [0.4, 0.5) is 0 Å². The van der Waals surface area contributed by atoms with Gasteiger partial charge in [0.1, 0.15) is 5.41 Å². The van der Waals surface area contributed by atoms with Crippen LogP contribution >= 0.6 is 0 Å². The summed E-state index contributed by atoms with van der Waals surface area (Å²) in [7, 11) is 0. The molecule has 0 aromatic carbocycles. The average molecular weight is 473 g/mol. The first kappa shape index (κ1) is 24.8. The number of hydrogen-bond acceptors (Lipinski definition) is 3. The Morgan fingerprint density at radius 3 is 2.18 bits per heavy atom. The first-order valence-electron chi connectivity index (χ1n) is 13.9. The number of carboxylic acid groups (broad SMARTS) is 1. The van der Waals surface area contributed by atoms with E-state index in [1.165, 1.54) is 5.57 Å². The number of aliphatic carboxylic acids is 1. The molecule has 4 heteroatoms. The lowest BCUT2D eigenvalue weighted by molar-refractivity contribution is -0.212. The molecule has 192 valence electrons. The molecule has 4 fully saturated rings. The van der Waals surface area contributed by atoms with E-state index in [2.05, 4.69) is 54.5 Å². The van der Waals surface area contributed by atoms with Gasteiger partial charge in [-0.1, -0.05) is 60.1 Å². The van der Waals surface area contributed by atoms with Gasteiger partial charge in [-0.3, -0.25) is 4.79 Å². The molecule has 0 aromatic heterocycles. The van der Waals surface area contributed by atoms with Crippen molar-refractivity contribution in [1.29, 1.82) is 0 Å². The predicted octanol–water partition coefficient (Wildman–Crippen LogP) is 6.20. The molecule has 5 aliphatic rings. The summed E-state index contributed by atoms with van der Waals surface area (Å²) < 4.78 is 0. The van der Waals surface area contributed by atoms with E-state index in [1.807, 2.05) is 0 Å². The Labute approximate surface area is 206 Å². The zero-order valence-corrected chi connectivity index (χ0v) is 22.6. The number of aliphatic hydroxyl groups is 2. The fourth-order valence-corrected chi connectivity index (χ4v) is 10.8. The van der Waals surface area contributed by atoms with Gasteiger partial charge in [-0.25, -0.2) is 0 Å². The summed E-state index contributed by atoms with van der Waals surface area (Å²) in [5.74, 6) is 0.167. The summed E-state index contributed by atoms with van der Waals surface area (Å²) in [6.45, 7) is 16.4. The largest absolute Gasteiger partial charge is 0.481 e. The molecular weight excluding hydrogens is 424 g/mol. The summed E-state index contributed by atoms with van der Waals surface area (Å²) in [6, 6.07) is 0. The van der Waals surface area contributed by atoms with E-state index in [9.17, 15) is 20.1 Å². The molecule has 0 bridgehead atoms. The highest BCUT2D eigenvalue weighted by atomic mass is 16.4. The number of carbonyl (C=O) groups is 1. The van der Waals surface area contributed by atoms with E-state index in [1.54, 1.807) is 0 Å². The highest BCUT2D eigenvalue weighted by Gasteiger charge is 2.70. The van der Waals surface area contributed by atoms with E-state index < -0.39 is 17.5 Å². The third-order valence-corrected chi connectivity index (χ3v) is 13.0. The van der Waals surface area contributed by atoms with Crippen molar-refractivity contribution >= 4 is 5.97 Å². The fraction of sp³-hybridized carbons (Fsp3) is 0.900. The van der Waals surface area contributed by atoms with Crippen molar-refractivity contribution in [2.75, 3.05) is 0 Å². The molecule has 4 saturated carbocycles. The first-order valence-corrected chi connectivity index (χ1v) is 13.9. The smallest absolute Gasteiger partial charge is 0.312 e. The van der Waals surface area contributed by atoms with Gasteiger partial charge >= 0.3 is 5.97 Å². The number of carboxylic acids is 1. The molecule has 34 heavy (non-hydrogen) atoms. The lowest BCUT2D eigenvalue weighted by Crippen LogP contribution is -2.66. The monoisotopic (exact) mass is 472 g/mol. The number of hydrogen-bond donors (Lipinski definition) is 3. The molecule has 0 aromatic rings. The molecule has 0 unspecified atom stereocenters. The van der Waals surface area contributed by atoms with Crippen molar-refractivity contribution in [3.8, 4) is 0 Å². The Kier molecular flexibility index (Phi) is 5.20. The quantitative estimate of drug-likeness (QED) is 0.397. The second kappa shape index (κ2) is 7.12. The van der Waals surface area contributed by atoms with Crippen molar-refractivity contribution in [1.82, 2.24) is 0 Å². The van der Waals surface area contributed by atoms with Gasteiger partial charge in [0.15, 0.2) is 0 Å². The van der Waals surface area contributed by atoms with Crippen LogP contribution in [-0.2, 0) is 4.79 Å². The molecule has 0 aliphatic heterocycles. The van der Waals surface area contributed by atoms with Crippen LogP contribution in [0.25, 0.3) is 0 Å². The maximum atomic E-state index is 12.8. The molecule has 0 heterocycles. The number of fused-ring (bicyclic) bond motifs is 7. The fourth-order valence-electron chi connectivity index (χ4n) is 10.8. The average Bonchev–Trinajstić information content (AvgIpc) is 2.70. The van der Waals surface area contributed by atoms with Crippen LogP contribution in [0.2, 0.25) is 0 Å². The zero-order valence-electron chi connectivity index (χ0n) is 22.6. The number of allylic oxidation sites excluding steroid dienone is 2. The van der Waals surface area contributed by atoms with Gasteiger partial charge in [0.25, 0.3) is 0 Å². The van der Waals surface area contributed by atoms with Crippen LogP contribution in [0.15, 0.2) is 11.6 Å². The van der Waals surface area contributed by atoms with Gasteiger partial charge in [0, 0.05) is 0 Å². The molecule has 0 saturated heterocycles. The lowest BCUT2D eigenvalue weighted by Gasteiger charge is -2.71. The molecule has 5 rings (SSSR count). The van der Waals surface area contributed by atoms with Crippen LogP contribution in [-0.4, -0.2) is 33.5 Å². The molecule has 9 atom stereocenters. The topological polar surface area (TPSA) is 77.8 Å². The molecule has 0 amide bonds. The van der Waals surface area contributed by atoms with Gasteiger partial charge in [0.2, 0.25) is 0 Å². The normalized spacial score (nSPS) is 53.4. The van der Waals surface area contributed by atoms with E-state index in [0.29, 0.717) is 24.7 Å². The summed E-state index contributed by atoms with van der Waals surface area (Å²) in [5, 5.41) is 32.7. The second-order valence-electron chi connectivity index (χ2n) is 15.2. The van der Waals surface area contributed by atoms with Gasteiger partial charge in [-0.15, -0.1) is 0 Å². The molecular formula is C30H48O4. The van der Waals surface area contributed by atoms with Gasteiger partial charge < -0.3 is 15.3 Å². The Morgan fingerprint density at radius 2 is 1.53 bits per heavy atom. The summed E-state index contributed by atoms with van der Waals surface area (Å²) in [6.07, 6.45) is 9.51. The van der Waals surface area contributed by atoms with E-state index in [4.69, 9.17) is 0 Å². The highest BCUT2D eigenvalue weighted by Crippen LogP contribution is 2.75. The lowest BCUT2D eigenvalue weighted by atomic mass is 9.33. The maximum absolute atomic E-state index is 12.8. The highest BCUT2D eigenvalue weighted by molar-refractivity contribution is 5.77. The Hall–Kier alpha value is -0.870. The SMILES string of the molecule is CC1(C)C[C@@H](O)[C@@]2(C(=O)O)CC[C@@]3(C)C(=CC[C@H]4[C@]5(C)CC[C@@H](O)C(C)(C)[C@H]5CC[C@@]43C)[C@H]2C1. The Balaban J connectivity index is 1.61. The molecule has 0 radical (unpaired) electrons. The van der Waals surface area contributed by atoms with E-state index in [0.717, 1.165) is 44.9 Å². The second-order valence-corrected chi connectivity index (χ2v) is 15.2. The summed E-state index contributed by atoms with van der Waals surface area (Å²) >= 11 is 0. The molecule has 5 aliphatic carbocycles. The zero-order chi connectivity index (χ0) is 25.1. The van der Waals surface area contributed by atoms with Gasteiger partial charge in [-0.05, 0) is 103 Å². The minimum atomic E-state index is -1.04. The predicted molar refractivity (Wildman–Crippen MR) is 134 cm³/mol. The third-order valence-electron chi connectivity index (χ3n) is 13.0. The minimum Gasteiger partial charge on any atom is -0.481 e. The van der Waals surface area contributed by atoms with Crippen molar-refractivity contribution in [3.63, 3.8) is 0 Å². The number of aliphatic hydroxyl groups excluding tert-OH is 2. The Morgan fingerprint density at radius 1 is 0.853 bits per heavy atom. The minimum absolute atomic E-state index is 0.0408. The van der Waals surface area contributed by atoms with Crippen molar-refractivity contribution in [3.05, 3.63) is 11.6 Å². The van der Waals surface area contributed by atoms with Crippen LogP contribution in [0.5, 0.6) is 0 Å². The van der Waals surface area contributed by atoms with Gasteiger partial charge in [0.05, 0.1) is 12.2 Å². The van der Waals surface area contributed by atoms with Crippen LogP contribution < -0.4 is 0 Å². The van der Waals surface area contributed by atoms with Crippen LogP contribution in [0, 0.1) is 50.2 Å². The molecule has 3 N–H and O–H groups in total. The third kappa shape index (κ3) is 2.82. The Bertz CT molecular complexity index is 919. The number of rotatable bonds is 1.